The van der Waals surface area contributed by atoms with Gasteiger partial charge in [0.1, 0.15) is 18.1 Å². The number of H-pyrrole nitrogens is 1. The summed E-state index contributed by atoms with van der Waals surface area (Å²) in [6.07, 6.45) is 7.67. The molecule has 1 amide bonds. The number of nitrogens with one attached hydrogen (secondary N) is 3. The molecule has 1 fully saturated rings. The third-order valence-electron chi connectivity index (χ3n) is 6.10. The van der Waals surface area contributed by atoms with Crippen LogP contribution in [0.4, 0.5) is 17.6 Å². The van der Waals surface area contributed by atoms with Crippen LogP contribution >= 0.6 is 0 Å². The Morgan fingerprint density at radius 1 is 1.31 bits per heavy atom. The van der Waals surface area contributed by atoms with Gasteiger partial charge >= 0.3 is 0 Å². The molecule has 0 bridgehead atoms. The van der Waals surface area contributed by atoms with Crippen molar-refractivity contribution >= 4 is 23.5 Å². The van der Waals surface area contributed by atoms with Crippen molar-refractivity contribution in [2.75, 3.05) is 16.8 Å². The monoisotopic (exact) mass is 436 g/mol. The van der Waals surface area contributed by atoms with E-state index in [0.717, 1.165) is 67.2 Å². The minimum absolute atomic E-state index is 0.0619. The predicted octanol–water partition coefficient (Wildman–Crippen LogP) is 2.83. The highest BCUT2D eigenvalue weighted by molar-refractivity contribution is 5.85. The summed E-state index contributed by atoms with van der Waals surface area (Å²) >= 11 is 0. The van der Waals surface area contributed by atoms with Crippen molar-refractivity contribution in [3.63, 3.8) is 0 Å². The van der Waals surface area contributed by atoms with Crippen LogP contribution in [0, 0.1) is 0 Å². The Morgan fingerprint density at radius 2 is 2.22 bits per heavy atom. The van der Waals surface area contributed by atoms with Gasteiger partial charge in [-0.05, 0) is 38.0 Å². The van der Waals surface area contributed by atoms with Crippen molar-refractivity contribution in [3.8, 4) is 0 Å². The van der Waals surface area contributed by atoms with E-state index in [9.17, 15) is 4.79 Å². The first-order valence-electron chi connectivity index (χ1n) is 11.2. The van der Waals surface area contributed by atoms with Crippen LogP contribution in [0.3, 0.4) is 0 Å². The highest BCUT2D eigenvalue weighted by Crippen LogP contribution is 2.32. The zero-order chi connectivity index (χ0) is 22.1. The first kappa shape index (κ1) is 20.5. The standard InChI is InChI=1S/C22H28N8O2/c1-13(2)16-11-18(29-28-16)26-20-14-5-3-6-15(14)25-22(27-20)30-9-4-7-17(30)21(31)24-12-19-23-8-10-32-19/h8,10-11,13,17H,3-7,9,12H2,1-2H3,(H,24,31)(H2,25,26,27,28,29). The minimum atomic E-state index is -0.310. The van der Waals surface area contributed by atoms with E-state index in [4.69, 9.17) is 14.4 Å². The second-order valence-corrected chi connectivity index (χ2v) is 8.63. The molecule has 10 heteroatoms. The number of oxazole rings is 1. The lowest BCUT2D eigenvalue weighted by molar-refractivity contribution is -0.122. The number of amides is 1. The van der Waals surface area contributed by atoms with Gasteiger partial charge in [-0.3, -0.25) is 9.89 Å². The number of fused-ring (bicyclic) bond motifs is 1. The van der Waals surface area contributed by atoms with E-state index in [1.54, 1.807) is 6.20 Å². The highest BCUT2D eigenvalue weighted by atomic mass is 16.3. The van der Waals surface area contributed by atoms with Gasteiger partial charge in [0.05, 0.1) is 18.4 Å². The summed E-state index contributed by atoms with van der Waals surface area (Å²) in [5, 5.41) is 13.8. The Hall–Kier alpha value is -3.43. The summed E-state index contributed by atoms with van der Waals surface area (Å²) in [4.78, 5) is 28.7. The van der Waals surface area contributed by atoms with Gasteiger partial charge in [-0.25, -0.2) is 9.97 Å². The van der Waals surface area contributed by atoms with Crippen LogP contribution < -0.4 is 15.5 Å². The summed E-state index contributed by atoms with van der Waals surface area (Å²) in [7, 11) is 0. The van der Waals surface area contributed by atoms with Crippen LogP contribution in [0.2, 0.25) is 0 Å². The fourth-order valence-electron chi connectivity index (χ4n) is 4.37. The van der Waals surface area contributed by atoms with E-state index in [0.29, 0.717) is 17.8 Å². The second-order valence-electron chi connectivity index (χ2n) is 8.63. The topological polar surface area (TPSA) is 125 Å². The Labute approximate surface area is 186 Å². The third-order valence-corrected chi connectivity index (χ3v) is 6.10. The maximum Gasteiger partial charge on any atom is 0.243 e. The fraction of sp³-hybridized carbons (Fsp3) is 0.500. The van der Waals surface area contributed by atoms with E-state index in [1.165, 1.54) is 6.26 Å². The largest absolute Gasteiger partial charge is 0.447 e. The summed E-state index contributed by atoms with van der Waals surface area (Å²) in [6.45, 7) is 5.26. The van der Waals surface area contributed by atoms with Gasteiger partial charge in [-0.2, -0.15) is 10.1 Å². The molecule has 3 aromatic rings. The zero-order valence-corrected chi connectivity index (χ0v) is 18.4. The maximum atomic E-state index is 12.9. The Kier molecular flexibility index (Phi) is 5.50. The summed E-state index contributed by atoms with van der Waals surface area (Å²) < 4.78 is 5.22. The second kappa shape index (κ2) is 8.60. The molecule has 1 atom stereocenters. The van der Waals surface area contributed by atoms with Gasteiger partial charge in [-0.15, -0.1) is 0 Å². The van der Waals surface area contributed by atoms with Gasteiger partial charge in [0.2, 0.25) is 17.7 Å². The van der Waals surface area contributed by atoms with Gasteiger partial charge < -0.3 is 20.0 Å². The van der Waals surface area contributed by atoms with Crippen LogP contribution in [-0.2, 0) is 24.2 Å². The quantitative estimate of drug-likeness (QED) is 0.516. The first-order chi connectivity index (χ1) is 15.6. The van der Waals surface area contributed by atoms with Gasteiger partial charge in [0.25, 0.3) is 0 Å². The molecule has 4 heterocycles. The number of hydrogen-bond donors (Lipinski definition) is 3. The molecule has 168 valence electrons. The number of aromatic amines is 1. The fourth-order valence-corrected chi connectivity index (χ4v) is 4.37. The Balaban J connectivity index is 1.37. The van der Waals surface area contributed by atoms with Gasteiger partial charge in [0.15, 0.2) is 5.82 Å². The summed E-state index contributed by atoms with van der Waals surface area (Å²) in [5.41, 5.74) is 3.27. The summed E-state index contributed by atoms with van der Waals surface area (Å²) in [5.74, 6) is 2.92. The number of carbonyl (C=O) groups excluding carboxylic acids is 1. The molecule has 0 saturated carbocycles. The number of nitrogens with zero attached hydrogens (tertiary/aromatic N) is 5. The number of hydrogen-bond acceptors (Lipinski definition) is 8. The Morgan fingerprint density at radius 3 is 3.00 bits per heavy atom. The lowest BCUT2D eigenvalue weighted by Crippen LogP contribution is -2.44. The van der Waals surface area contributed by atoms with E-state index >= 15 is 0 Å². The number of aryl methyl sites for hydroxylation is 1. The van der Waals surface area contributed by atoms with Crippen LogP contribution in [0.25, 0.3) is 0 Å². The molecule has 0 aromatic carbocycles. The zero-order valence-electron chi connectivity index (χ0n) is 18.4. The van der Waals surface area contributed by atoms with Crippen molar-refractivity contribution in [2.45, 2.75) is 64.5 Å². The number of carbonyl (C=O) groups is 1. The maximum absolute atomic E-state index is 12.9. The summed E-state index contributed by atoms with van der Waals surface area (Å²) in [6, 6.07) is 1.71. The van der Waals surface area contributed by atoms with Crippen molar-refractivity contribution in [2.24, 2.45) is 0 Å². The normalized spacial score (nSPS) is 17.7. The molecular formula is C22H28N8O2. The molecule has 32 heavy (non-hydrogen) atoms. The molecule has 10 nitrogen and oxygen atoms in total. The van der Waals surface area contributed by atoms with Crippen LogP contribution in [0.5, 0.6) is 0 Å². The molecule has 5 rings (SSSR count). The van der Waals surface area contributed by atoms with Gasteiger partial charge in [0, 0.05) is 23.9 Å². The number of rotatable bonds is 7. The molecule has 1 aliphatic carbocycles. The van der Waals surface area contributed by atoms with Crippen molar-refractivity contribution < 1.29 is 9.21 Å². The molecular weight excluding hydrogens is 408 g/mol. The lowest BCUT2D eigenvalue weighted by atomic mass is 10.1. The van der Waals surface area contributed by atoms with E-state index in [2.05, 4.69) is 39.7 Å². The third kappa shape index (κ3) is 4.04. The molecule has 0 radical (unpaired) electrons. The van der Waals surface area contributed by atoms with E-state index < -0.39 is 0 Å². The number of anilines is 3. The first-order valence-corrected chi connectivity index (χ1v) is 11.2. The average Bonchev–Trinajstić information content (AvgIpc) is 3.58. The van der Waals surface area contributed by atoms with Gasteiger partial charge in [-0.1, -0.05) is 13.8 Å². The molecule has 2 aliphatic rings. The van der Waals surface area contributed by atoms with Crippen LogP contribution in [0.1, 0.15) is 61.9 Å². The minimum Gasteiger partial charge on any atom is -0.447 e. The average molecular weight is 437 g/mol. The van der Waals surface area contributed by atoms with Crippen molar-refractivity contribution in [1.29, 1.82) is 0 Å². The smallest absolute Gasteiger partial charge is 0.243 e. The SMILES string of the molecule is CC(C)c1cc(Nc2nc(N3CCCC3C(=O)NCc3ncco3)nc3c2CCC3)n[nH]1. The van der Waals surface area contributed by atoms with Crippen molar-refractivity contribution in [3.05, 3.63) is 41.4 Å². The lowest BCUT2D eigenvalue weighted by Gasteiger charge is -2.25. The molecule has 1 aliphatic heterocycles. The highest BCUT2D eigenvalue weighted by Gasteiger charge is 2.34. The molecule has 1 saturated heterocycles. The molecule has 3 N–H and O–H groups in total. The predicted molar refractivity (Wildman–Crippen MR) is 119 cm³/mol. The molecule has 3 aromatic heterocycles. The van der Waals surface area contributed by atoms with E-state index in [-0.39, 0.29) is 18.5 Å². The van der Waals surface area contributed by atoms with Crippen LogP contribution in [-0.4, -0.2) is 43.6 Å². The molecule has 0 spiro atoms. The number of aromatic nitrogens is 5. The molecule has 1 unspecified atom stereocenters. The van der Waals surface area contributed by atoms with Crippen LogP contribution in [0.15, 0.2) is 22.9 Å². The van der Waals surface area contributed by atoms with Crippen molar-refractivity contribution in [1.82, 2.24) is 30.5 Å². The van der Waals surface area contributed by atoms with E-state index in [1.807, 2.05) is 11.0 Å². The Bertz CT molecular complexity index is 1090.